The van der Waals surface area contributed by atoms with Gasteiger partial charge in [-0.15, -0.1) is 0 Å². The average molecular weight is 357 g/mol. The van der Waals surface area contributed by atoms with Gasteiger partial charge in [0.15, 0.2) is 5.82 Å². The van der Waals surface area contributed by atoms with Gasteiger partial charge in [-0.25, -0.2) is 14.2 Å². The number of H-pyrrole nitrogens is 2. The third kappa shape index (κ3) is 3.01. The van der Waals surface area contributed by atoms with E-state index in [1.54, 1.807) is 24.1 Å². The van der Waals surface area contributed by atoms with E-state index in [1.807, 2.05) is 7.05 Å². The van der Waals surface area contributed by atoms with Gasteiger partial charge in [0.1, 0.15) is 11.5 Å². The molecule has 0 unspecified atom stereocenters. The Hall–Kier alpha value is -2.94. The Labute approximate surface area is 149 Å². The van der Waals surface area contributed by atoms with E-state index in [4.69, 9.17) is 0 Å². The molecule has 3 aromatic rings. The van der Waals surface area contributed by atoms with Crippen molar-refractivity contribution >= 4 is 22.8 Å². The third-order valence-corrected chi connectivity index (χ3v) is 4.67. The number of aryl methyl sites for hydroxylation is 1. The van der Waals surface area contributed by atoms with E-state index < -0.39 is 0 Å². The topological polar surface area (TPSA) is 92.9 Å². The summed E-state index contributed by atoms with van der Waals surface area (Å²) in [5.74, 6) is 0.194. The van der Waals surface area contributed by atoms with E-state index in [-0.39, 0.29) is 11.8 Å². The van der Waals surface area contributed by atoms with Gasteiger partial charge in [0.05, 0.1) is 22.9 Å². The summed E-state index contributed by atoms with van der Waals surface area (Å²) in [6.07, 6.45) is 1.54. The Morgan fingerprint density at radius 2 is 2.04 bits per heavy atom. The quantitative estimate of drug-likeness (QED) is 0.655. The number of amides is 2. The van der Waals surface area contributed by atoms with E-state index in [9.17, 15) is 9.18 Å². The van der Waals surface area contributed by atoms with Crippen molar-refractivity contribution in [1.82, 2.24) is 30.0 Å². The second kappa shape index (κ2) is 6.41. The van der Waals surface area contributed by atoms with Crippen molar-refractivity contribution in [3.05, 3.63) is 29.7 Å². The number of aromatic amines is 2. The van der Waals surface area contributed by atoms with Crippen molar-refractivity contribution in [2.24, 2.45) is 0 Å². The van der Waals surface area contributed by atoms with Crippen molar-refractivity contribution < 1.29 is 9.18 Å². The number of anilines is 1. The number of aromatic nitrogens is 4. The molecule has 1 aliphatic heterocycles. The fourth-order valence-electron chi connectivity index (χ4n) is 3.02. The lowest BCUT2D eigenvalue weighted by molar-refractivity contribution is 0.164. The van der Waals surface area contributed by atoms with Crippen LogP contribution >= 0.6 is 0 Å². The molecule has 136 valence electrons. The second-order valence-electron chi connectivity index (χ2n) is 6.58. The van der Waals surface area contributed by atoms with E-state index in [2.05, 4.69) is 30.4 Å². The molecular weight excluding hydrogens is 337 g/mol. The molecule has 2 aromatic heterocycles. The minimum atomic E-state index is -0.302. The molecule has 4 rings (SSSR count). The van der Waals surface area contributed by atoms with Gasteiger partial charge in [0, 0.05) is 32.2 Å². The number of halogens is 1. The summed E-state index contributed by atoms with van der Waals surface area (Å²) in [5.41, 5.74) is 2.88. The van der Waals surface area contributed by atoms with E-state index in [1.165, 1.54) is 6.07 Å². The molecule has 0 saturated carbocycles. The molecule has 0 atom stereocenters. The van der Waals surface area contributed by atoms with Gasteiger partial charge in [0.2, 0.25) is 0 Å². The van der Waals surface area contributed by atoms with E-state index >= 15 is 0 Å². The number of nitrogens with zero attached hydrogens (tertiary/aromatic N) is 4. The SMILES string of the molecule is Cc1cc2[nH]c(-c3[nH]ncc3NC(=O)N3CCN(C)CC3)nc2cc1F. The van der Waals surface area contributed by atoms with Gasteiger partial charge in [-0.05, 0) is 25.6 Å². The largest absolute Gasteiger partial charge is 0.337 e. The number of carbonyl (C=O) groups excluding carboxylic acids is 1. The minimum Gasteiger partial charge on any atom is -0.337 e. The number of imidazole rings is 1. The van der Waals surface area contributed by atoms with Gasteiger partial charge < -0.3 is 20.1 Å². The van der Waals surface area contributed by atoms with Crippen LogP contribution in [-0.4, -0.2) is 69.2 Å². The molecule has 1 saturated heterocycles. The van der Waals surface area contributed by atoms with Crippen LogP contribution in [0.3, 0.4) is 0 Å². The van der Waals surface area contributed by atoms with Crippen LogP contribution in [-0.2, 0) is 0 Å². The second-order valence-corrected chi connectivity index (χ2v) is 6.58. The van der Waals surface area contributed by atoms with Gasteiger partial charge >= 0.3 is 6.03 Å². The van der Waals surface area contributed by atoms with Crippen molar-refractivity contribution in [2.45, 2.75) is 6.92 Å². The van der Waals surface area contributed by atoms with Crippen LogP contribution in [0.1, 0.15) is 5.56 Å². The molecule has 8 nitrogen and oxygen atoms in total. The van der Waals surface area contributed by atoms with Crippen LogP contribution in [0.2, 0.25) is 0 Å². The summed E-state index contributed by atoms with van der Waals surface area (Å²) in [5, 5.41) is 9.74. The van der Waals surface area contributed by atoms with Crippen LogP contribution < -0.4 is 5.32 Å². The number of piperazine rings is 1. The zero-order valence-electron chi connectivity index (χ0n) is 14.6. The number of hydrogen-bond donors (Lipinski definition) is 3. The summed E-state index contributed by atoms with van der Waals surface area (Å²) < 4.78 is 13.7. The predicted molar refractivity (Wildman–Crippen MR) is 96.5 cm³/mol. The third-order valence-electron chi connectivity index (χ3n) is 4.67. The van der Waals surface area contributed by atoms with Crippen LogP contribution in [0.15, 0.2) is 18.3 Å². The minimum absolute atomic E-state index is 0.168. The normalized spacial score (nSPS) is 15.6. The molecule has 1 aliphatic rings. The Morgan fingerprint density at radius 1 is 1.27 bits per heavy atom. The fraction of sp³-hybridized carbons (Fsp3) is 0.353. The number of carbonyl (C=O) groups is 1. The fourth-order valence-corrected chi connectivity index (χ4v) is 3.02. The lowest BCUT2D eigenvalue weighted by Gasteiger charge is -2.32. The molecule has 0 aliphatic carbocycles. The monoisotopic (exact) mass is 357 g/mol. The summed E-state index contributed by atoms with van der Waals surface area (Å²) in [6, 6.07) is 2.93. The zero-order valence-corrected chi connectivity index (χ0v) is 14.6. The molecule has 0 radical (unpaired) electrons. The molecule has 0 spiro atoms. The van der Waals surface area contributed by atoms with Crippen LogP contribution in [0.4, 0.5) is 14.9 Å². The van der Waals surface area contributed by atoms with E-state index in [0.29, 0.717) is 41.4 Å². The number of urea groups is 1. The van der Waals surface area contributed by atoms with Crippen LogP contribution in [0.25, 0.3) is 22.6 Å². The number of fused-ring (bicyclic) bond motifs is 1. The van der Waals surface area contributed by atoms with Crippen molar-refractivity contribution in [1.29, 1.82) is 0 Å². The lowest BCUT2D eigenvalue weighted by atomic mass is 10.2. The molecule has 26 heavy (non-hydrogen) atoms. The highest BCUT2D eigenvalue weighted by atomic mass is 19.1. The Morgan fingerprint density at radius 3 is 2.81 bits per heavy atom. The van der Waals surface area contributed by atoms with Gasteiger partial charge in [0.25, 0.3) is 0 Å². The molecule has 0 bridgehead atoms. The zero-order chi connectivity index (χ0) is 18.3. The maximum atomic E-state index is 13.7. The van der Waals surface area contributed by atoms with Crippen LogP contribution in [0.5, 0.6) is 0 Å². The highest BCUT2D eigenvalue weighted by molar-refractivity contribution is 5.93. The van der Waals surface area contributed by atoms with Crippen molar-refractivity contribution in [2.75, 3.05) is 38.5 Å². The highest BCUT2D eigenvalue weighted by Gasteiger charge is 2.21. The summed E-state index contributed by atoms with van der Waals surface area (Å²) in [4.78, 5) is 24.0. The maximum absolute atomic E-state index is 13.7. The molecule has 9 heteroatoms. The van der Waals surface area contributed by atoms with Crippen molar-refractivity contribution in [3.63, 3.8) is 0 Å². The molecular formula is C17H20FN7O. The standard InChI is InChI=1S/C17H20FN7O/c1-10-7-12-13(8-11(10)18)21-16(20-12)15-14(9-19-23-15)22-17(26)25-5-3-24(2)4-6-25/h7-9H,3-6H2,1-2H3,(H,19,23)(H,20,21)(H,22,26). The number of rotatable bonds is 2. The smallest absolute Gasteiger partial charge is 0.322 e. The van der Waals surface area contributed by atoms with Crippen molar-refractivity contribution in [3.8, 4) is 11.5 Å². The summed E-state index contributed by atoms with van der Waals surface area (Å²) in [6.45, 7) is 4.75. The number of nitrogens with one attached hydrogen (secondary N) is 3. The predicted octanol–water partition coefficient (Wildman–Crippen LogP) is 2.18. The first-order valence-corrected chi connectivity index (χ1v) is 8.45. The first-order chi connectivity index (χ1) is 12.5. The van der Waals surface area contributed by atoms with Crippen LogP contribution in [0, 0.1) is 12.7 Å². The maximum Gasteiger partial charge on any atom is 0.322 e. The Bertz CT molecular complexity index is 916. The molecule has 1 aromatic carbocycles. The number of hydrogen-bond acceptors (Lipinski definition) is 4. The first kappa shape index (κ1) is 16.5. The summed E-state index contributed by atoms with van der Waals surface area (Å²) in [7, 11) is 2.04. The Balaban J connectivity index is 1.58. The van der Waals surface area contributed by atoms with Gasteiger partial charge in [-0.1, -0.05) is 0 Å². The van der Waals surface area contributed by atoms with E-state index in [0.717, 1.165) is 18.6 Å². The lowest BCUT2D eigenvalue weighted by Crippen LogP contribution is -2.48. The number of likely N-dealkylation sites (N-methyl/N-ethyl adjacent to an activating group) is 1. The molecule has 3 heterocycles. The molecule has 3 N–H and O–H groups in total. The Kier molecular flexibility index (Phi) is 4.08. The highest BCUT2D eigenvalue weighted by Crippen LogP contribution is 2.26. The number of benzene rings is 1. The first-order valence-electron chi connectivity index (χ1n) is 8.45. The average Bonchev–Trinajstić information content (AvgIpc) is 3.22. The van der Waals surface area contributed by atoms with Gasteiger partial charge in [-0.3, -0.25) is 5.10 Å². The molecule has 2 amide bonds. The van der Waals surface area contributed by atoms with Gasteiger partial charge in [-0.2, -0.15) is 5.10 Å². The molecule has 1 fully saturated rings. The summed E-state index contributed by atoms with van der Waals surface area (Å²) >= 11 is 0.